The molecule has 1 saturated carbocycles. The van der Waals surface area contributed by atoms with E-state index in [4.69, 9.17) is 10.8 Å². The van der Waals surface area contributed by atoms with Gasteiger partial charge in [-0.05, 0) is 28.8 Å². The number of nitrogens with zero attached hydrogens (tertiary/aromatic N) is 2. The monoisotopic (exact) mass is 303 g/mol. The highest BCUT2D eigenvalue weighted by Crippen LogP contribution is 2.34. The highest BCUT2D eigenvalue weighted by atomic mass is 79.9. The van der Waals surface area contributed by atoms with E-state index >= 15 is 0 Å². The highest BCUT2D eigenvalue weighted by Gasteiger charge is 2.34. The van der Waals surface area contributed by atoms with Crippen LogP contribution in [-0.2, 0) is 0 Å². The number of aliphatic hydroxyl groups excluding tert-OH is 2. The van der Waals surface area contributed by atoms with Gasteiger partial charge in [0.2, 0.25) is 0 Å². The molecule has 17 heavy (non-hydrogen) atoms. The average Bonchev–Trinajstić information content (AvgIpc) is 2.65. The molecular formula is C10H14BrN3O3. The van der Waals surface area contributed by atoms with Crippen molar-refractivity contribution in [3.8, 4) is 0 Å². The third kappa shape index (κ3) is 2.36. The maximum absolute atomic E-state index is 11.7. The average molecular weight is 304 g/mol. The lowest BCUT2D eigenvalue weighted by atomic mass is 10.1. The van der Waals surface area contributed by atoms with E-state index in [-0.39, 0.29) is 24.4 Å². The molecule has 1 aliphatic carbocycles. The Morgan fingerprint density at radius 1 is 1.59 bits per heavy atom. The summed E-state index contributed by atoms with van der Waals surface area (Å²) in [5.74, 6) is -0.0215. The third-order valence-corrected chi connectivity index (χ3v) is 3.81. The maximum Gasteiger partial charge on any atom is 0.349 e. The van der Waals surface area contributed by atoms with Gasteiger partial charge in [0.25, 0.3) is 0 Å². The molecule has 0 saturated heterocycles. The molecule has 0 spiro atoms. The molecule has 0 amide bonds. The Bertz CT molecular complexity index is 476. The number of rotatable bonds is 2. The quantitative estimate of drug-likeness (QED) is 0.708. The number of hydrogen-bond donors (Lipinski definition) is 3. The third-order valence-electron chi connectivity index (χ3n) is 3.19. The van der Waals surface area contributed by atoms with Crippen LogP contribution in [0.4, 0.5) is 5.82 Å². The van der Waals surface area contributed by atoms with E-state index in [1.165, 1.54) is 4.57 Å². The molecule has 2 rings (SSSR count). The van der Waals surface area contributed by atoms with Crippen molar-refractivity contribution in [2.24, 2.45) is 5.92 Å². The fraction of sp³-hybridized carbons (Fsp3) is 0.600. The molecular weight excluding hydrogens is 290 g/mol. The van der Waals surface area contributed by atoms with Crippen LogP contribution in [0.2, 0.25) is 0 Å². The summed E-state index contributed by atoms with van der Waals surface area (Å²) < 4.78 is 2.01. The maximum atomic E-state index is 11.7. The Morgan fingerprint density at radius 3 is 2.88 bits per heavy atom. The Kier molecular flexibility index (Phi) is 3.50. The minimum absolute atomic E-state index is 0.0734. The van der Waals surface area contributed by atoms with Gasteiger partial charge in [0.15, 0.2) is 0 Å². The van der Waals surface area contributed by atoms with Gasteiger partial charge in [-0.3, -0.25) is 4.57 Å². The number of anilines is 1. The Morgan fingerprint density at radius 2 is 2.29 bits per heavy atom. The van der Waals surface area contributed by atoms with Crippen LogP contribution in [0.5, 0.6) is 0 Å². The minimum atomic E-state index is -0.576. The first-order chi connectivity index (χ1) is 8.02. The molecule has 3 unspecified atom stereocenters. The zero-order valence-electron chi connectivity index (χ0n) is 9.08. The van der Waals surface area contributed by atoms with Crippen molar-refractivity contribution >= 4 is 21.7 Å². The lowest BCUT2D eigenvalue weighted by molar-refractivity contribution is 0.0906. The molecule has 4 N–H and O–H groups in total. The van der Waals surface area contributed by atoms with E-state index < -0.39 is 11.8 Å². The first kappa shape index (κ1) is 12.5. The lowest BCUT2D eigenvalue weighted by Gasteiger charge is -2.13. The summed E-state index contributed by atoms with van der Waals surface area (Å²) in [6.45, 7) is -0.0734. The SMILES string of the molecule is Nc1nc(=O)n(C2CC(O)C(CO)C2)cc1Br. The first-order valence-corrected chi connectivity index (χ1v) is 6.15. The van der Waals surface area contributed by atoms with Crippen molar-refractivity contribution in [2.45, 2.75) is 25.0 Å². The molecule has 6 nitrogen and oxygen atoms in total. The summed E-state index contributed by atoms with van der Waals surface area (Å²) in [6, 6.07) is -0.140. The van der Waals surface area contributed by atoms with Crippen molar-refractivity contribution in [1.29, 1.82) is 0 Å². The van der Waals surface area contributed by atoms with Crippen LogP contribution in [0.15, 0.2) is 15.5 Å². The fourth-order valence-corrected chi connectivity index (χ4v) is 2.53. The van der Waals surface area contributed by atoms with Gasteiger partial charge in [0, 0.05) is 24.8 Å². The van der Waals surface area contributed by atoms with Crippen LogP contribution in [0.3, 0.4) is 0 Å². The Hall–Kier alpha value is -0.920. The zero-order chi connectivity index (χ0) is 12.6. The van der Waals surface area contributed by atoms with Crippen molar-refractivity contribution in [1.82, 2.24) is 9.55 Å². The normalized spacial score (nSPS) is 28.5. The van der Waals surface area contributed by atoms with Gasteiger partial charge in [-0.15, -0.1) is 0 Å². The second kappa shape index (κ2) is 4.75. The van der Waals surface area contributed by atoms with Gasteiger partial charge in [0.05, 0.1) is 10.6 Å². The molecule has 3 atom stereocenters. The van der Waals surface area contributed by atoms with Gasteiger partial charge in [-0.1, -0.05) is 0 Å². The van der Waals surface area contributed by atoms with Gasteiger partial charge >= 0.3 is 5.69 Å². The van der Waals surface area contributed by atoms with Crippen LogP contribution in [0, 0.1) is 5.92 Å². The molecule has 0 aliphatic heterocycles. The number of nitrogen functional groups attached to an aromatic ring is 1. The molecule has 1 heterocycles. The van der Waals surface area contributed by atoms with Gasteiger partial charge in [-0.2, -0.15) is 4.98 Å². The van der Waals surface area contributed by atoms with Gasteiger partial charge in [-0.25, -0.2) is 4.79 Å². The summed E-state index contributed by atoms with van der Waals surface area (Å²) in [4.78, 5) is 15.4. The van der Waals surface area contributed by atoms with Crippen LogP contribution in [0.1, 0.15) is 18.9 Å². The van der Waals surface area contributed by atoms with Crippen LogP contribution >= 0.6 is 15.9 Å². The number of nitrogens with two attached hydrogens (primary N) is 1. The van der Waals surface area contributed by atoms with Crippen LogP contribution < -0.4 is 11.4 Å². The van der Waals surface area contributed by atoms with Crippen molar-refractivity contribution in [3.05, 3.63) is 21.2 Å². The van der Waals surface area contributed by atoms with E-state index in [0.29, 0.717) is 17.3 Å². The largest absolute Gasteiger partial charge is 0.396 e. The number of hydrogen-bond acceptors (Lipinski definition) is 5. The lowest BCUT2D eigenvalue weighted by Crippen LogP contribution is -2.27. The second-order valence-corrected chi connectivity index (χ2v) is 5.15. The summed E-state index contributed by atoms with van der Waals surface area (Å²) in [5.41, 5.74) is 5.08. The first-order valence-electron chi connectivity index (χ1n) is 5.36. The highest BCUT2D eigenvalue weighted by molar-refractivity contribution is 9.10. The smallest absolute Gasteiger partial charge is 0.349 e. The van der Waals surface area contributed by atoms with E-state index in [1.54, 1.807) is 6.20 Å². The Balaban J connectivity index is 2.30. The predicted molar refractivity (Wildman–Crippen MR) is 65.5 cm³/mol. The molecule has 1 aliphatic rings. The number of halogens is 1. The second-order valence-electron chi connectivity index (χ2n) is 4.30. The molecule has 1 aromatic heterocycles. The summed E-state index contributed by atoms with van der Waals surface area (Å²) >= 11 is 3.22. The fourth-order valence-electron chi connectivity index (χ4n) is 2.22. The van der Waals surface area contributed by atoms with Gasteiger partial charge < -0.3 is 15.9 Å². The summed E-state index contributed by atoms with van der Waals surface area (Å²) in [6.07, 6.45) is 2.02. The van der Waals surface area contributed by atoms with Gasteiger partial charge in [0.1, 0.15) is 5.82 Å². The topological polar surface area (TPSA) is 101 Å². The number of aromatic nitrogens is 2. The van der Waals surface area contributed by atoms with E-state index in [0.717, 1.165) is 0 Å². The molecule has 1 fully saturated rings. The van der Waals surface area contributed by atoms with Crippen LogP contribution in [-0.4, -0.2) is 32.5 Å². The summed E-state index contributed by atoms with van der Waals surface area (Å²) in [7, 11) is 0. The van der Waals surface area contributed by atoms with E-state index in [1.807, 2.05) is 0 Å². The number of aliphatic hydroxyl groups is 2. The van der Waals surface area contributed by atoms with E-state index in [2.05, 4.69) is 20.9 Å². The standard InChI is InChI=1S/C10H14BrN3O3/c11-7-3-14(10(17)13-9(7)12)6-1-5(4-15)8(16)2-6/h3,5-6,8,15-16H,1-2,4H2,(H2,12,13,17). The molecule has 1 aromatic rings. The predicted octanol–water partition coefficient (Wildman–Crippen LogP) is -0.108. The Labute approximate surface area is 106 Å². The molecule has 0 bridgehead atoms. The minimum Gasteiger partial charge on any atom is -0.396 e. The van der Waals surface area contributed by atoms with E-state index in [9.17, 15) is 9.90 Å². The molecule has 94 valence electrons. The zero-order valence-corrected chi connectivity index (χ0v) is 10.7. The van der Waals surface area contributed by atoms with Crippen molar-refractivity contribution in [2.75, 3.05) is 12.3 Å². The molecule has 0 radical (unpaired) electrons. The van der Waals surface area contributed by atoms with Crippen LogP contribution in [0.25, 0.3) is 0 Å². The van der Waals surface area contributed by atoms with Crippen molar-refractivity contribution < 1.29 is 10.2 Å². The molecule has 0 aromatic carbocycles. The summed E-state index contributed by atoms with van der Waals surface area (Å²) in [5, 5.41) is 18.8. The van der Waals surface area contributed by atoms with Crippen molar-refractivity contribution in [3.63, 3.8) is 0 Å². The molecule has 7 heteroatoms.